The van der Waals surface area contributed by atoms with Crippen LogP contribution in [0.4, 0.5) is 10.1 Å². The molecule has 1 N–H and O–H groups in total. The summed E-state index contributed by atoms with van der Waals surface area (Å²) in [5, 5.41) is 9.05. The molecule has 1 fully saturated rings. The number of benzene rings is 1. The summed E-state index contributed by atoms with van der Waals surface area (Å²) >= 11 is 0. The maximum atomic E-state index is 12.5. The highest BCUT2D eigenvalue weighted by molar-refractivity contribution is 5.94. The van der Waals surface area contributed by atoms with E-state index in [1.807, 2.05) is 11.0 Å². The molecule has 0 aliphatic carbocycles. The van der Waals surface area contributed by atoms with Gasteiger partial charge in [0.25, 0.3) is 0 Å². The summed E-state index contributed by atoms with van der Waals surface area (Å²) in [4.78, 5) is 13.0. The average Bonchev–Trinajstić information content (AvgIpc) is 2.77. The summed E-state index contributed by atoms with van der Waals surface area (Å²) in [5.74, 6) is -0.888. The van der Waals surface area contributed by atoms with E-state index in [2.05, 4.69) is 0 Å². The summed E-state index contributed by atoms with van der Waals surface area (Å²) < 4.78 is 12.5. The van der Waals surface area contributed by atoms with E-state index in [4.69, 9.17) is 5.11 Å². The van der Waals surface area contributed by atoms with Crippen LogP contribution in [0.25, 0.3) is 0 Å². The normalized spacial score (nSPS) is 20.1. The van der Waals surface area contributed by atoms with Crippen molar-refractivity contribution in [3.05, 3.63) is 29.8 Å². The van der Waals surface area contributed by atoms with Gasteiger partial charge in [-0.25, -0.2) is 4.79 Å². The van der Waals surface area contributed by atoms with Crippen LogP contribution < -0.4 is 4.90 Å². The summed E-state index contributed by atoms with van der Waals surface area (Å²) in [5.41, 5.74) is 0.993. The fourth-order valence-electron chi connectivity index (χ4n) is 2.11. The molecule has 0 saturated carbocycles. The molecule has 1 aromatic rings. The van der Waals surface area contributed by atoms with Crippen molar-refractivity contribution in [3.63, 3.8) is 0 Å². The molecule has 1 aromatic carbocycles. The molecular formula is C12H14FNO2. The Kier molecular flexibility index (Phi) is 3.08. The van der Waals surface area contributed by atoms with Gasteiger partial charge in [-0.05, 0) is 18.6 Å². The van der Waals surface area contributed by atoms with Gasteiger partial charge in [0.1, 0.15) is 0 Å². The van der Waals surface area contributed by atoms with Crippen LogP contribution in [-0.4, -0.2) is 30.8 Å². The van der Waals surface area contributed by atoms with Gasteiger partial charge >= 0.3 is 5.97 Å². The monoisotopic (exact) mass is 223 g/mol. The predicted octanol–water partition coefficient (Wildman–Crippen LogP) is 2.18. The molecule has 86 valence electrons. The van der Waals surface area contributed by atoms with Crippen molar-refractivity contribution >= 4 is 11.7 Å². The topological polar surface area (TPSA) is 40.5 Å². The summed E-state index contributed by atoms with van der Waals surface area (Å²) in [7, 11) is 0. The number of carbonyl (C=O) groups is 1. The molecule has 0 bridgehead atoms. The Hall–Kier alpha value is -1.58. The summed E-state index contributed by atoms with van der Waals surface area (Å²) in [6, 6.07) is 6.88. The van der Waals surface area contributed by atoms with E-state index in [1.54, 1.807) is 18.2 Å². The zero-order chi connectivity index (χ0) is 11.5. The summed E-state index contributed by atoms with van der Waals surface area (Å²) in [6.45, 7) is 1.02. The Morgan fingerprint density at radius 1 is 1.50 bits per heavy atom. The highest BCUT2D eigenvalue weighted by Gasteiger charge is 2.25. The minimum Gasteiger partial charge on any atom is -0.478 e. The molecule has 0 spiro atoms. The molecule has 4 heteroatoms. The van der Waals surface area contributed by atoms with E-state index in [9.17, 15) is 9.18 Å². The maximum absolute atomic E-state index is 12.5. The molecular weight excluding hydrogens is 209 g/mol. The Morgan fingerprint density at radius 2 is 2.25 bits per heavy atom. The highest BCUT2D eigenvalue weighted by Crippen LogP contribution is 2.27. The second-order valence-corrected chi connectivity index (χ2v) is 4.08. The predicted molar refractivity (Wildman–Crippen MR) is 59.7 cm³/mol. The molecule has 1 saturated heterocycles. The van der Waals surface area contributed by atoms with Gasteiger partial charge in [-0.3, -0.25) is 4.39 Å². The first-order valence-corrected chi connectivity index (χ1v) is 5.35. The van der Waals surface area contributed by atoms with E-state index < -0.39 is 5.97 Å². The van der Waals surface area contributed by atoms with Crippen LogP contribution in [0.5, 0.6) is 0 Å². The summed E-state index contributed by atoms with van der Waals surface area (Å²) in [6.07, 6.45) is 0.796. The largest absolute Gasteiger partial charge is 0.478 e. The molecule has 0 radical (unpaired) electrons. The Bertz CT molecular complexity index is 394. The van der Waals surface area contributed by atoms with E-state index >= 15 is 0 Å². The van der Waals surface area contributed by atoms with Gasteiger partial charge in [0, 0.05) is 19.0 Å². The van der Waals surface area contributed by atoms with E-state index in [1.165, 1.54) is 0 Å². The number of alkyl halides is 1. The number of hydrogen-bond donors (Lipinski definition) is 1. The smallest absolute Gasteiger partial charge is 0.337 e. The number of anilines is 1. The minimum absolute atomic E-state index is 0.0434. The SMILES string of the molecule is O=C(O)c1ccccc1N1CC[C@H](CF)C1. The fraction of sp³-hybridized carbons (Fsp3) is 0.417. The molecule has 1 atom stereocenters. The number of aromatic carboxylic acids is 1. The highest BCUT2D eigenvalue weighted by atomic mass is 19.1. The second-order valence-electron chi connectivity index (χ2n) is 4.08. The Morgan fingerprint density at radius 3 is 2.88 bits per heavy atom. The minimum atomic E-state index is -0.931. The van der Waals surface area contributed by atoms with Crippen LogP contribution in [0.2, 0.25) is 0 Å². The van der Waals surface area contributed by atoms with Crippen LogP contribution in [0.15, 0.2) is 24.3 Å². The Balaban J connectivity index is 2.24. The number of para-hydroxylation sites is 1. The van der Waals surface area contributed by atoms with Crippen LogP contribution in [0.3, 0.4) is 0 Å². The molecule has 1 heterocycles. The van der Waals surface area contributed by atoms with Gasteiger partial charge < -0.3 is 10.0 Å². The first-order valence-electron chi connectivity index (χ1n) is 5.35. The number of hydrogen-bond acceptors (Lipinski definition) is 2. The molecule has 0 unspecified atom stereocenters. The lowest BCUT2D eigenvalue weighted by Crippen LogP contribution is -2.22. The Labute approximate surface area is 93.5 Å². The lowest BCUT2D eigenvalue weighted by Gasteiger charge is -2.20. The van der Waals surface area contributed by atoms with Crippen molar-refractivity contribution in [1.29, 1.82) is 0 Å². The van der Waals surface area contributed by atoms with E-state index in [0.717, 1.165) is 13.0 Å². The molecule has 2 rings (SSSR count). The van der Waals surface area contributed by atoms with Gasteiger partial charge in [0.2, 0.25) is 0 Å². The van der Waals surface area contributed by atoms with Crippen molar-refractivity contribution in [3.8, 4) is 0 Å². The van der Waals surface area contributed by atoms with Crippen molar-refractivity contribution in [1.82, 2.24) is 0 Å². The first kappa shape index (κ1) is 10.9. The standard InChI is InChI=1S/C12H14FNO2/c13-7-9-5-6-14(8-9)11-4-2-1-3-10(11)12(15)16/h1-4,9H,5-8H2,(H,15,16)/t9-/m1/s1. The number of carboxylic acid groups (broad SMARTS) is 1. The maximum Gasteiger partial charge on any atom is 0.337 e. The van der Waals surface area contributed by atoms with Crippen molar-refractivity contribution in [2.24, 2.45) is 5.92 Å². The van der Waals surface area contributed by atoms with Crippen molar-refractivity contribution in [2.45, 2.75) is 6.42 Å². The first-order chi connectivity index (χ1) is 7.72. The quantitative estimate of drug-likeness (QED) is 0.853. The molecule has 16 heavy (non-hydrogen) atoms. The third-order valence-electron chi connectivity index (χ3n) is 2.98. The van der Waals surface area contributed by atoms with Crippen molar-refractivity contribution in [2.75, 3.05) is 24.7 Å². The van der Waals surface area contributed by atoms with E-state index in [0.29, 0.717) is 17.8 Å². The zero-order valence-electron chi connectivity index (χ0n) is 8.90. The molecule has 1 aliphatic heterocycles. The van der Waals surface area contributed by atoms with Crippen LogP contribution in [0.1, 0.15) is 16.8 Å². The van der Waals surface area contributed by atoms with Gasteiger partial charge in [-0.1, -0.05) is 12.1 Å². The number of carboxylic acids is 1. The van der Waals surface area contributed by atoms with Crippen molar-refractivity contribution < 1.29 is 14.3 Å². The number of nitrogens with zero attached hydrogens (tertiary/aromatic N) is 1. The van der Waals surface area contributed by atoms with Crippen LogP contribution >= 0.6 is 0 Å². The lowest BCUT2D eigenvalue weighted by atomic mass is 10.1. The molecule has 0 amide bonds. The molecule has 3 nitrogen and oxygen atoms in total. The molecule has 1 aliphatic rings. The van der Waals surface area contributed by atoms with Gasteiger partial charge in [0.15, 0.2) is 0 Å². The van der Waals surface area contributed by atoms with Crippen LogP contribution in [0, 0.1) is 5.92 Å². The average molecular weight is 223 g/mol. The number of halogens is 1. The van der Waals surface area contributed by atoms with E-state index in [-0.39, 0.29) is 12.6 Å². The van der Waals surface area contributed by atoms with Gasteiger partial charge in [-0.15, -0.1) is 0 Å². The van der Waals surface area contributed by atoms with Gasteiger partial charge in [0.05, 0.1) is 17.9 Å². The third-order valence-corrected chi connectivity index (χ3v) is 2.98. The molecule has 0 aromatic heterocycles. The van der Waals surface area contributed by atoms with Gasteiger partial charge in [-0.2, -0.15) is 0 Å². The lowest BCUT2D eigenvalue weighted by molar-refractivity contribution is 0.0697. The number of rotatable bonds is 3. The fourth-order valence-corrected chi connectivity index (χ4v) is 2.11. The second kappa shape index (κ2) is 4.51. The zero-order valence-corrected chi connectivity index (χ0v) is 8.90. The van der Waals surface area contributed by atoms with Crippen LogP contribution in [-0.2, 0) is 0 Å². The third kappa shape index (κ3) is 2.01.